The molecule has 2 heterocycles. The number of methoxy groups -OCH3 is 2. The number of carbonyl (C=O) groups excluding carboxylic acids is 1. The zero-order valence-corrected chi connectivity index (χ0v) is 16.3. The smallest absolute Gasteiger partial charge is 0.248 e. The minimum Gasteiger partial charge on any atom is -0.493 e. The first-order valence-electron chi connectivity index (χ1n) is 9.60. The average molecular weight is 382 g/mol. The predicted octanol–water partition coefficient (Wildman–Crippen LogP) is 1.85. The third-order valence-electron chi connectivity index (χ3n) is 5.86. The molecule has 2 aliphatic heterocycles. The summed E-state index contributed by atoms with van der Waals surface area (Å²) in [5, 5.41) is 9.26. The molecule has 0 bridgehead atoms. The van der Waals surface area contributed by atoms with Crippen molar-refractivity contribution in [2.75, 3.05) is 40.5 Å². The van der Waals surface area contributed by atoms with Crippen molar-refractivity contribution in [1.29, 1.82) is 0 Å². The lowest BCUT2D eigenvalue weighted by Crippen LogP contribution is -2.58. The van der Waals surface area contributed by atoms with E-state index in [-0.39, 0.29) is 18.0 Å². The summed E-state index contributed by atoms with van der Waals surface area (Å²) in [5.41, 5.74) is 3.66. The molecule has 0 radical (unpaired) electrons. The van der Waals surface area contributed by atoms with Gasteiger partial charge in [-0.15, -0.1) is 0 Å². The molecule has 0 aliphatic carbocycles. The first-order valence-corrected chi connectivity index (χ1v) is 9.60. The van der Waals surface area contributed by atoms with Crippen LogP contribution in [-0.2, 0) is 11.2 Å². The Morgan fingerprint density at radius 1 is 1.11 bits per heavy atom. The van der Waals surface area contributed by atoms with Crippen molar-refractivity contribution in [2.24, 2.45) is 0 Å². The number of piperazine rings is 1. The number of ether oxygens (including phenoxy) is 2. The molecule has 2 aromatic carbocycles. The highest BCUT2D eigenvalue weighted by Gasteiger charge is 2.40. The topological polar surface area (TPSA) is 62.2 Å². The fourth-order valence-electron chi connectivity index (χ4n) is 4.52. The number of rotatable bonds is 4. The number of aliphatic hydroxyl groups is 1. The number of fused-ring (bicyclic) bond motifs is 2. The first kappa shape index (κ1) is 18.8. The number of hydrogen-bond acceptors (Lipinski definition) is 5. The van der Waals surface area contributed by atoms with E-state index in [2.05, 4.69) is 41.3 Å². The van der Waals surface area contributed by atoms with Crippen molar-refractivity contribution < 1.29 is 19.4 Å². The Kier molecular flexibility index (Phi) is 5.24. The Morgan fingerprint density at radius 2 is 1.82 bits per heavy atom. The first-order chi connectivity index (χ1) is 13.7. The molecular formula is C22H26N2O4. The Balaban J connectivity index is 1.79. The van der Waals surface area contributed by atoms with E-state index in [0.29, 0.717) is 13.1 Å². The van der Waals surface area contributed by atoms with E-state index in [1.807, 2.05) is 6.07 Å². The number of benzene rings is 2. The lowest BCUT2D eigenvalue weighted by Gasteiger charge is -2.49. The number of nitrogens with zero attached hydrogens (tertiary/aromatic N) is 2. The van der Waals surface area contributed by atoms with Crippen LogP contribution in [0.25, 0.3) is 0 Å². The van der Waals surface area contributed by atoms with Crippen LogP contribution in [0.2, 0.25) is 0 Å². The van der Waals surface area contributed by atoms with Crippen LogP contribution in [0.4, 0.5) is 0 Å². The Hall–Kier alpha value is -2.57. The minimum absolute atomic E-state index is 0.0983. The number of aliphatic hydroxyl groups excluding tert-OH is 1. The molecule has 2 aromatic rings. The molecule has 0 spiro atoms. The van der Waals surface area contributed by atoms with Crippen LogP contribution in [0.3, 0.4) is 0 Å². The van der Waals surface area contributed by atoms with Crippen molar-refractivity contribution in [3.05, 3.63) is 59.2 Å². The van der Waals surface area contributed by atoms with Gasteiger partial charge in [-0.2, -0.15) is 0 Å². The van der Waals surface area contributed by atoms with E-state index < -0.39 is 6.61 Å². The SMILES string of the molecule is COc1cc2c(cc1OC)C(c1ccccc1)N1CCN(C(=O)CO)CC1C2. The molecule has 1 fully saturated rings. The summed E-state index contributed by atoms with van der Waals surface area (Å²) in [6, 6.07) is 14.9. The highest BCUT2D eigenvalue weighted by Crippen LogP contribution is 2.43. The molecule has 148 valence electrons. The molecule has 6 nitrogen and oxygen atoms in total. The standard InChI is InChI=1S/C22H26N2O4/c1-27-19-11-16-10-17-13-23(21(26)14-25)8-9-24(17)22(15-6-4-3-5-7-15)18(16)12-20(19)28-2/h3-7,11-12,17,22,25H,8-10,13-14H2,1-2H3. The Morgan fingerprint density at radius 3 is 2.50 bits per heavy atom. The van der Waals surface area contributed by atoms with E-state index in [1.165, 1.54) is 16.7 Å². The van der Waals surface area contributed by atoms with Gasteiger partial charge < -0.3 is 19.5 Å². The third-order valence-corrected chi connectivity index (χ3v) is 5.86. The van der Waals surface area contributed by atoms with Gasteiger partial charge in [0, 0.05) is 25.7 Å². The van der Waals surface area contributed by atoms with Gasteiger partial charge in [0.05, 0.1) is 20.3 Å². The van der Waals surface area contributed by atoms with Gasteiger partial charge in [0.1, 0.15) is 6.61 Å². The van der Waals surface area contributed by atoms with Crippen LogP contribution in [0, 0.1) is 0 Å². The predicted molar refractivity (Wildman–Crippen MR) is 106 cm³/mol. The van der Waals surface area contributed by atoms with Crippen LogP contribution in [0.5, 0.6) is 11.5 Å². The second-order valence-electron chi connectivity index (χ2n) is 7.31. The van der Waals surface area contributed by atoms with E-state index in [1.54, 1.807) is 19.1 Å². The lowest BCUT2D eigenvalue weighted by atomic mass is 9.83. The maximum Gasteiger partial charge on any atom is 0.248 e. The molecule has 1 N–H and O–H groups in total. The fourth-order valence-corrected chi connectivity index (χ4v) is 4.52. The zero-order valence-electron chi connectivity index (χ0n) is 16.3. The van der Waals surface area contributed by atoms with Gasteiger partial charge in [-0.3, -0.25) is 9.69 Å². The summed E-state index contributed by atoms with van der Waals surface area (Å²) < 4.78 is 11.1. The second kappa shape index (κ2) is 7.81. The van der Waals surface area contributed by atoms with E-state index in [9.17, 15) is 9.90 Å². The van der Waals surface area contributed by atoms with Gasteiger partial charge in [-0.25, -0.2) is 0 Å². The summed E-state index contributed by atoms with van der Waals surface area (Å²) in [6.45, 7) is 1.58. The van der Waals surface area contributed by atoms with Gasteiger partial charge >= 0.3 is 0 Å². The molecule has 4 rings (SSSR count). The lowest BCUT2D eigenvalue weighted by molar-refractivity contribution is -0.137. The van der Waals surface area contributed by atoms with Gasteiger partial charge in [-0.1, -0.05) is 30.3 Å². The summed E-state index contributed by atoms with van der Waals surface area (Å²) in [7, 11) is 3.31. The van der Waals surface area contributed by atoms with Crippen molar-refractivity contribution in [3.8, 4) is 11.5 Å². The number of hydrogen-bond donors (Lipinski definition) is 1. The Labute approximate surface area is 165 Å². The zero-order chi connectivity index (χ0) is 19.7. The van der Waals surface area contributed by atoms with E-state index in [4.69, 9.17) is 9.47 Å². The van der Waals surface area contributed by atoms with Crippen LogP contribution >= 0.6 is 0 Å². The summed E-state index contributed by atoms with van der Waals surface area (Å²) in [4.78, 5) is 16.3. The minimum atomic E-state index is -0.434. The van der Waals surface area contributed by atoms with Crippen molar-refractivity contribution in [1.82, 2.24) is 9.80 Å². The van der Waals surface area contributed by atoms with Crippen LogP contribution < -0.4 is 9.47 Å². The van der Waals surface area contributed by atoms with E-state index in [0.717, 1.165) is 24.5 Å². The molecule has 2 unspecified atom stereocenters. The summed E-state index contributed by atoms with van der Waals surface area (Å²) in [6.07, 6.45) is 0.828. The number of carbonyl (C=O) groups is 1. The van der Waals surface area contributed by atoms with Crippen molar-refractivity contribution in [3.63, 3.8) is 0 Å². The molecular weight excluding hydrogens is 356 g/mol. The average Bonchev–Trinajstić information content (AvgIpc) is 2.76. The quantitative estimate of drug-likeness (QED) is 0.875. The van der Waals surface area contributed by atoms with Crippen molar-refractivity contribution in [2.45, 2.75) is 18.5 Å². The van der Waals surface area contributed by atoms with Crippen LogP contribution in [0.1, 0.15) is 22.7 Å². The normalized spacial score (nSPS) is 21.6. The Bertz CT molecular complexity index is 855. The number of amides is 1. The molecule has 28 heavy (non-hydrogen) atoms. The molecule has 0 aromatic heterocycles. The molecule has 2 aliphatic rings. The largest absolute Gasteiger partial charge is 0.493 e. The summed E-state index contributed by atoms with van der Waals surface area (Å²) in [5.74, 6) is 1.25. The highest BCUT2D eigenvalue weighted by molar-refractivity contribution is 5.77. The molecule has 6 heteroatoms. The highest BCUT2D eigenvalue weighted by atomic mass is 16.5. The molecule has 0 saturated carbocycles. The van der Waals surface area contributed by atoms with Crippen molar-refractivity contribution >= 4 is 5.91 Å². The molecule has 1 saturated heterocycles. The van der Waals surface area contributed by atoms with Gasteiger partial charge in [0.2, 0.25) is 5.91 Å². The van der Waals surface area contributed by atoms with Crippen LogP contribution in [0.15, 0.2) is 42.5 Å². The fraction of sp³-hybridized carbons (Fsp3) is 0.409. The third kappa shape index (κ3) is 3.23. The maximum absolute atomic E-state index is 12.0. The molecule has 2 atom stereocenters. The monoisotopic (exact) mass is 382 g/mol. The van der Waals surface area contributed by atoms with Gasteiger partial charge in [-0.05, 0) is 35.2 Å². The molecule has 1 amide bonds. The van der Waals surface area contributed by atoms with Gasteiger partial charge in [0.15, 0.2) is 11.5 Å². The van der Waals surface area contributed by atoms with Crippen LogP contribution in [-0.4, -0.2) is 67.3 Å². The summed E-state index contributed by atoms with van der Waals surface area (Å²) >= 11 is 0. The van der Waals surface area contributed by atoms with Gasteiger partial charge in [0.25, 0.3) is 0 Å². The second-order valence-corrected chi connectivity index (χ2v) is 7.31. The maximum atomic E-state index is 12.0. The van der Waals surface area contributed by atoms with E-state index >= 15 is 0 Å².